The number of hydrogen-bond acceptors (Lipinski definition) is 4. The average Bonchev–Trinajstić information content (AvgIpc) is 2.52. The summed E-state index contributed by atoms with van der Waals surface area (Å²) in [5.74, 6) is -0.412. The number of rotatable bonds is 6. The Bertz CT molecular complexity index is 707. The summed E-state index contributed by atoms with van der Waals surface area (Å²) >= 11 is 0. The van der Waals surface area contributed by atoms with Crippen LogP contribution in [0.25, 0.3) is 6.08 Å². The van der Waals surface area contributed by atoms with E-state index in [1.54, 1.807) is 36.4 Å². The molecule has 0 radical (unpaired) electrons. The normalized spacial score (nSPS) is 10.5. The Kier molecular flexibility index (Phi) is 4.87. The summed E-state index contributed by atoms with van der Waals surface area (Å²) in [6.45, 7) is 0.214. The summed E-state index contributed by atoms with van der Waals surface area (Å²) in [5.41, 5.74) is 1.46. The SMILES string of the molecule is O=C(O)/C=C/c1ccc(OCc2cccc([N+](=O)[O-])c2)cc1. The number of benzene rings is 2. The highest BCUT2D eigenvalue weighted by atomic mass is 16.6. The molecule has 6 heteroatoms. The zero-order valence-electron chi connectivity index (χ0n) is 11.5. The molecule has 0 saturated carbocycles. The van der Waals surface area contributed by atoms with E-state index in [-0.39, 0.29) is 12.3 Å². The summed E-state index contributed by atoms with van der Waals surface area (Å²) < 4.78 is 5.54. The smallest absolute Gasteiger partial charge is 0.328 e. The van der Waals surface area contributed by atoms with Crippen molar-refractivity contribution in [3.8, 4) is 5.75 Å². The van der Waals surface area contributed by atoms with E-state index in [1.807, 2.05) is 0 Å². The Morgan fingerprint density at radius 2 is 1.95 bits per heavy atom. The quantitative estimate of drug-likeness (QED) is 0.502. The summed E-state index contributed by atoms with van der Waals surface area (Å²) in [5, 5.41) is 19.2. The van der Waals surface area contributed by atoms with Gasteiger partial charge >= 0.3 is 5.97 Å². The predicted octanol–water partition coefficient (Wildman–Crippen LogP) is 3.27. The molecule has 2 aromatic carbocycles. The molecule has 0 aliphatic rings. The van der Waals surface area contributed by atoms with Crippen LogP contribution in [0.15, 0.2) is 54.6 Å². The number of ether oxygens (including phenoxy) is 1. The molecule has 0 heterocycles. The maximum atomic E-state index is 10.7. The lowest BCUT2D eigenvalue weighted by Crippen LogP contribution is -1.96. The molecule has 0 fully saturated rings. The van der Waals surface area contributed by atoms with Crippen LogP contribution in [0.3, 0.4) is 0 Å². The van der Waals surface area contributed by atoms with Crippen LogP contribution in [0, 0.1) is 10.1 Å². The van der Waals surface area contributed by atoms with Crippen LogP contribution in [0.2, 0.25) is 0 Å². The Morgan fingerprint density at radius 1 is 1.23 bits per heavy atom. The summed E-state index contributed by atoms with van der Waals surface area (Å²) in [6.07, 6.45) is 2.53. The fraction of sp³-hybridized carbons (Fsp3) is 0.0625. The minimum atomic E-state index is -1.01. The monoisotopic (exact) mass is 299 g/mol. The van der Waals surface area contributed by atoms with Gasteiger partial charge in [0.2, 0.25) is 0 Å². The molecule has 0 aliphatic heterocycles. The third-order valence-corrected chi connectivity index (χ3v) is 2.83. The number of nitrogens with zero attached hydrogens (tertiary/aromatic N) is 1. The molecule has 0 atom stereocenters. The van der Waals surface area contributed by atoms with E-state index in [0.717, 1.165) is 11.6 Å². The number of carboxylic acids is 1. The van der Waals surface area contributed by atoms with Crippen molar-refractivity contribution >= 4 is 17.7 Å². The third-order valence-electron chi connectivity index (χ3n) is 2.83. The minimum Gasteiger partial charge on any atom is -0.489 e. The molecule has 112 valence electrons. The van der Waals surface area contributed by atoms with Gasteiger partial charge in [0.1, 0.15) is 12.4 Å². The molecule has 0 saturated heterocycles. The molecule has 0 spiro atoms. The first-order chi connectivity index (χ1) is 10.5. The van der Waals surface area contributed by atoms with E-state index < -0.39 is 10.9 Å². The third kappa shape index (κ3) is 4.45. The van der Waals surface area contributed by atoms with Gasteiger partial charge in [0.25, 0.3) is 5.69 Å². The molecule has 0 amide bonds. The van der Waals surface area contributed by atoms with Crippen molar-refractivity contribution in [2.24, 2.45) is 0 Å². The Balaban J connectivity index is 1.98. The predicted molar refractivity (Wildman–Crippen MR) is 80.5 cm³/mol. The van der Waals surface area contributed by atoms with Gasteiger partial charge in [-0.05, 0) is 29.3 Å². The van der Waals surface area contributed by atoms with E-state index in [2.05, 4.69) is 0 Å². The first-order valence-corrected chi connectivity index (χ1v) is 6.42. The van der Waals surface area contributed by atoms with Gasteiger partial charge in [0, 0.05) is 18.2 Å². The summed E-state index contributed by atoms with van der Waals surface area (Å²) in [6, 6.07) is 13.1. The maximum Gasteiger partial charge on any atom is 0.328 e. The molecule has 0 bridgehead atoms. The lowest BCUT2D eigenvalue weighted by atomic mass is 10.2. The molecular formula is C16H13NO5. The van der Waals surface area contributed by atoms with Crippen molar-refractivity contribution in [1.82, 2.24) is 0 Å². The minimum absolute atomic E-state index is 0.0234. The number of nitro groups is 1. The first kappa shape index (κ1) is 15.2. The van der Waals surface area contributed by atoms with Crippen molar-refractivity contribution < 1.29 is 19.6 Å². The first-order valence-electron chi connectivity index (χ1n) is 6.42. The largest absolute Gasteiger partial charge is 0.489 e. The number of nitro benzene ring substituents is 1. The van der Waals surface area contributed by atoms with Gasteiger partial charge in [-0.1, -0.05) is 24.3 Å². The van der Waals surface area contributed by atoms with Gasteiger partial charge in [0.15, 0.2) is 0 Å². The Labute approximate surface area is 126 Å². The molecule has 0 aromatic heterocycles. The highest BCUT2D eigenvalue weighted by molar-refractivity contribution is 5.85. The molecule has 0 unspecified atom stereocenters. The van der Waals surface area contributed by atoms with Crippen molar-refractivity contribution in [3.05, 3.63) is 75.8 Å². The summed E-state index contributed by atoms with van der Waals surface area (Å²) in [7, 11) is 0. The number of carbonyl (C=O) groups is 1. The van der Waals surface area contributed by atoms with Crippen LogP contribution in [0.1, 0.15) is 11.1 Å². The molecule has 1 N–H and O–H groups in total. The molecule has 0 aliphatic carbocycles. The van der Waals surface area contributed by atoms with Crippen molar-refractivity contribution in [2.45, 2.75) is 6.61 Å². The molecular weight excluding hydrogens is 286 g/mol. The lowest BCUT2D eigenvalue weighted by molar-refractivity contribution is -0.384. The van der Waals surface area contributed by atoms with Crippen molar-refractivity contribution in [2.75, 3.05) is 0 Å². The maximum absolute atomic E-state index is 10.7. The van der Waals surface area contributed by atoms with Crippen LogP contribution < -0.4 is 4.74 Å². The second-order valence-electron chi connectivity index (χ2n) is 4.46. The van der Waals surface area contributed by atoms with Crippen LogP contribution in [0.5, 0.6) is 5.75 Å². The Hall–Kier alpha value is -3.15. The summed E-state index contributed by atoms with van der Waals surface area (Å²) in [4.78, 5) is 20.7. The molecule has 6 nitrogen and oxygen atoms in total. The van der Waals surface area contributed by atoms with Crippen LogP contribution >= 0.6 is 0 Å². The molecule has 2 aromatic rings. The van der Waals surface area contributed by atoms with Crippen LogP contribution in [0.4, 0.5) is 5.69 Å². The zero-order chi connectivity index (χ0) is 15.9. The van der Waals surface area contributed by atoms with Crippen LogP contribution in [-0.2, 0) is 11.4 Å². The molecule has 2 rings (SSSR count). The number of aliphatic carboxylic acids is 1. The second-order valence-corrected chi connectivity index (χ2v) is 4.46. The van der Waals surface area contributed by atoms with Gasteiger partial charge in [0.05, 0.1) is 4.92 Å². The fourth-order valence-electron chi connectivity index (χ4n) is 1.77. The van der Waals surface area contributed by atoms with Gasteiger partial charge in [-0.25, -0.2) is 4.79 Å². The topological polar surface area (TPSA) is 89.7 Å². The highest BCUT2D eigenvalue weighted by Gasteiger charge is 2.05. The highest BCUT2D eigenvalue weighted by Crippen LogP contribution is 2.17. The lowest BCUT2D eigenvalue weighted by Gasteiger charge is -2.06. The standard InChI is InChI=1S/C16H13NO5/c18-16(19)9-6-12-4-7-15(8-5-12)22-11-13-2-1-3-14(10-13)17(20)21/h1-10H,11H2,(H,18,19)/b9-6+. The Morgan fingerprint density at radius 3 is 2.59 bits per heavy atom. The number of hydrogen-bond donors (Lipinski definition) is 1. The van der Waals surface area contributed by atoms with Gasteiger partial charge < -0.3 is 9.84 Å². The van der Waals surface area contributed by atoms with Crippen molar-refractivity contribution in [3.63, 3.8) is 0 Å². The zero-order valence-corrected chi connectivity index (χ0v) is 11.5. The van der Waals surface area contributed by atoms with Crippen LogP contribution in [-0.4, -0.2) is 16.0 Å². The molecule has 22 heavy (non-hydrogen) atoms. The van der Waals surface area contributed by atoms with Gasteiger partial charge in [-0.2, -0.15) is 0 Å². The van der Waals surface area contributed by atoms with Gasteiger partial charge in [-0.15, -0.1) is 0 Å². The van der Waals surface area contributed by atoms with E-state index in [9.17, 15) is 14.9 Å². The second kappa shape index (κ2) is 7.03. The van der Waals surface area contributed by atoms with E-state index in [0.29, 0.717) is 11.3 Å². The van der Waals surface area contributed by atoms with E-state index in [4.69, 9.17) is 9.84 Å². The fourth-order valence-corrected chi connectivity index (χ4v) is 1.77. The number of non-ortho nitro benzene ring substituents is 1. The van der Waals surface area contributed by atoms with E-state index >= 15 is 0 Å². The van der Waals surface area contributed by atoms with E-state index in [1.165, 1.54) is 18.2 Å². The van der Waals surface area contributed by atoms with Gasteiger partial charge in [-0.3, -0.25) is 10.1 Å². The number of carboxylic acid groups (broad SMARTS) is 1. The average molecular weight is 299 g/mol. The van der Waals surface area contributed by atoms with Crippen molar-refractivity contribution in [1.29, 1.82) is 0 Å².